The van der Waals surface area contributed by atoms with Crippen LogP contribution in [-0.4, -0.2) is 20.3 Å². The fourth-order valence-corrected chi connectivity index (χ4v) is 1.69. The minimum absolute atomic E-state index is 0.271. The highest BCUT2D eigenvalue weighted by Gasteiger charge is 2.11. The molecule has 0 amide bonds. The minimum atomic E-state index is -0.276. The van der Waals surface area contributed by atoms with Crippen LogP contribution < -0.4 is 5.56 Å². The fraction of sp³-hybridized carbons (Fsp3) is 0.0769. The third-order valence-corrected chi connectivity index (χ3v) is 2.60. The molecule has 19 heavy (non-hydrogen) atoms. The number of nitrogens with zero attached hydrogens (tertiary/aromatic N) is 3. The van der Waals surface area contributed by atoms with E-state index in [0.717, 1.165) is 11.1 Å². The number of benzene rings is 1. The van der Waals surface area contributed by atoms with Gasteiger partial charge in [0.15, 0.2) is 0 Å². The van der Waals surface area contributed by atoms with E-state index >= 15 is 0 Å². The summed E-state index contributed by atoms with van der Waals surface area (Å²) in [4.78, 5) is 15.2. The van der Waals surface area contributed by atoms with Crippen LogP contribution in [0.4, 0.5) is 0 Å². The molecule has 0 bridgehead atoms. The smallest absolute Gasteiger partial charge is 0.278 e. The maximum Gasteiger partial charge on any atom is 0.278 e. The summed E-state index contributed by atoms with van der Waals surface area (Å²) in [6, 6.07) is 10.7. The van der Waals surface area contributed by atoms with Crippen LogP contribution in [0.1, 0.15) is 5.56 Å². The molecule has 3 aromatic rings. The van der Waals surface area contributed by atoms with Gasteiger partial charge in [0, 0.05) is 11.6 Å². The molecule has 94 valence electrons. The average Bonchev–Trinajstić information content (AvgIpc) is 2.89. The van der Waals surface area contributed by atoms with Gasteiger partial charge in [-0.1, -0.05) is 28.9 Å². The van der Waals surface area contributed by atoms with Crippen LogP contribution in [0.3, 0.4) is 0 Å². The zero-order valence-corrected chi connectivity index (χ0v) is 10.1. The number of rotatable bonds is 2. The zero-order valence-electron chi connectivity index (χ0n) is 10.1. The van der Waals surface area contributed by atoms with Crippen LogP contribution in [0.25, 0.3) is 23.0 Å². The van der Waals surface area contributed by atoms with Crippen LogP contribution in [0.15, 0.2) is 45.7 Å². The molecule has 0 aliphatic rings. The van der Waals surface area contributed by atoms with E-state index in [0.29, 0.717) is 11.5 Å². The molecule has 0 unspecified atom stereocenters. The average molecular weight is 254 g/mol. The molecule has 0 saturated carbocycles. The summed E-state index contributed by atoms with van der Waals surface area (Å²) >= 11 is 0. The van der Waals surface area contributed by atoms with Gasteiger partial charge < -0.3 is 4.52 Å². The van der Waals surface area contributed by atoms with Crippen LogP contribution >= 0.6 is 0 Å². The number of aryl methyl sites for hydroxylation is 1. The lowest BCUT2D eigenvalue weighted by atomic mass is 10.1. The fourth-order valence-electron chi connectivity index (χ4n) is 1.69. The Labute approximate surface area is 108 Å². The molecule has 2 aromatic heterocycles. The highest BCUT2D eigenvalue weighted by Crippen LogP contribution is 2.20. The molecule has 0 aliphatic heterocycles. The lowest BCUT2D eigenvalue weighted by Crippen LogP contribution is -2.05. The van der Waals surface area contributed by atoms with Crippen molar-refractivity contribution in [1.82, 2.24) is 20.3 Å². The van der Waals surface area contributed by atoms with E-state index in [9.17, 15) is 4.79 Å². The summed E-state index contributed by atoms with van der Waals surface area (Å²) < 4.78 is 5.14. The Bertz CT molecular complexity index is 756. The van der Waals surface area contributed by atoms with Gasteiger partial charge in [0.2, 0.25) is 5.82 Å². The van der Waals surface area contributed by atoms with Crippen molar-refractivity contribution in [1.29, 1.82) is 0 Å². The zero-order chi connectivity index (χ0) is 13.2. The first-order chi connectivity index (χ1) is 9.22. The summed E-state index contributed by atoms with van der Waals surface area (Å²) in [5, 5.41) is 10.1. The summed E-state index contributed by atoms with van der Waals surface area (Å²) in [5.74, 6) is 0.763. The summed E-state index contributed by atoms with van der Waals surface area (Å²) in [5.41, 5.74) is 2.15. The molecule has 0 atom stereocenters. The molecule has 1 aromatic carbocycles. The van der Waals surface area contributed by atoms with Gasteiger partial charge >= 0.3 is 0 Å². The molecule has 0 fully saturated rings. The Kier molecular flexibility index (Phi) is 2.68. The molecule has 0 saturated heterocycles. The quantitative estimate of drug-likeness (QED) is 0.753. The Hall–Kier alpha value is -2.76. The molecular formula is C13H10N4O2. The lowest BCUT2D eigenvalue weighted by molar-refractivity contribution is 0.430. The third-order valence-electron chi connectivity index (χ3n) is 2.60. The van der Waals surface area contributed by atoms with Crippen LogP contribution in [-0.2, 0) is 0 Å². The number of aromatic nitrogens is 4. The van der Waals surface area contributed by atoms with Crippen molar-refractivity contribution in [2.24, 2.45) is 0 Å². The summed E-state index contributed by atoms with van der Waals surface area (Å²) in [6.45, 7) is 1.99. The maximum absolute atomic E-state index is 10.9. The minimum Gasteiger partial charge on any atom is -0.332 e. The largest absolute Gasteiger partial charge is 0.332 e. The Morgan fingerprint density at radius 1 is 1.21 bits per heavy atom. The SMILES string of the molecule is Cc1cccc(-c2noc(-c3ccc(=O)[nH]n3)n2)c1. The second-order valence-electron chi connectivity index (χ2n) is 4.10. The highest BCUT2D eigenvalue weighted by atomic mass is 16.5. The lowest BCUT2D eigenvalue weighted by Gasteiger charge is -1.95. The monoisotopic (exact) mass is 254 g/mol. The van der Waals surface area contributed by atoms with Gasteiger partial charge in [0.25, 0.3) is 11.4 Å². The number of hydrogen-bond donors (Lipinski definition) is 1. The molecule has 6 nitrogen and oxygen atoms in total. The summed E-state index contributed by atoms with van der Waals surface area (Å²) in [6.07, 6.45) is 0. The first-order valence-corrected chi connectivity index (χ1v) is 5.69. The van der Waals surface area contributed by atoms with Crippen molar-refractivity contribution in [2.45, 2.75) is 6.92 Å². The van der Waals surface area contributed by atoms with Crippen LogP contribution in [0, 0.1) is 6.92 Å². The van der Waals surface area contributed by atoms with Crippen molar-refractivity contribution in [3.63, 3.8) is 0 Å². The molecule has 2 heterocycles. The molecule has 0 spiro atoms. The van der Waals surface area contributed by atoms with Crippen molar-refractivity contribution in [2.75, 3.05) is 0 Å². The van der Waals surface area contributed by atoms with E-state index in [2.05, 4.69) is 20.3 Å². The Morgan fingerprint density at radius 3 is 2.84 bits per heavy atom. The topological polar surface area (TPSA) is 84.7 Å². The molecule has 3 rings (SSSR count). The molecule has 1 N–H and O–H groups in total. The standard InChI is InChI=1S/C13H10N4O2/c1-8-3-2-4-9(7-8)12-14-13(19-17-12)10-5-6-11(18)16-15-10/h2-7H,1H3,(H,16,18). The second-order valence-corrected chi connectivity index (χ2v) is 4.10. The highest BCUT2D eigenvalue weighted by molar-refractivity contribution is 5.58. The van der Waals surface area contributed by atoms with E-state index in [4.69, 9.17) is 4.52 Å². The Morgan fingerprint density at radius 2 is 2.11 bits per heavy atom. The first kappa shape index (κ1) is 11.3. The predicted molar refractivity (Wildman–Crippen MR) is 68.3 cm³/mol. The van der Waals surface area contributed by atoms with E-state index < -0.39 is 0 Å². The maximum atomic E-state index is 10.9. The van der Waals surface area contributed by atoms with Crippen molar-refractivity contribution in [3.8, 4) is 23.0 Å². The van der Waals surface area contributed by atoms with E-state index in [-0.39, 0.29) is 11.4 Å². The van der Waals surface area contributed by atoms with Crippen LogP contribution in [0.2, 0.25) is 0 Å². The molecule has 6 heteroatoms. The first-order valence-electron chi connectivity index (χ1n) is 5.69. The summed E-state index contributed by atoms with van der Waals surface area (Å²) in [7, 11) is 0. The number of H-pyrrole nitrogens is 1. The van der Waals surface area contributed by atoms with Crippen molar-refractivity contribution < 1.29 is 4.52 Å². The number of nitrogens with one attached hydrogen (secondary N) is 1. The normalized spacial score (nSPS) is 10.6. The predicted octanol–water partition coefficient (Wildman–Crippen LogP) is 1.80. The van der Waals surface area contributed by atoms with Gasteiger partial charge in [0.1, 0.15) is 5.69 Å². The van der Waals surface area contributed by atoms with Gasteiger partial charge in [-0.3, -0.25) is 4.79 Å². The van der Waals surface area contributed by atoms with Gasteiger partial charge in [0.05, 0.1) is 0 Å². The number of aromatic amines is 1. The molecule has 0 radical (unpaired) electrons. The number of hydrogen-bond acceptors (Lipinski definition) is 5. The van der Waals surface area contributed by atoms with Crippen LogP contribution in [0.5, 0.6) is 0 Å². The Balaban J connectivity index is 1.99. The molecular weight excluding hydrogens is 244 g/mol. The van der Waals surface area contributed by atoms with Crippen molar-refractivity contribution >= 4 is 0 Å². The third kappa shape index (κ3) is 2.28. The van der Waals surface area contributed by atoms with E-state index in [1.54, 1.807) is 0 Å². The van der Waals surface area contributed by atoms with Crippen molar-refractivity contribution in [3.05, 3.63) is 52.3 Å². The van der Waals surface area contributed by atoms with Gasteiger partial charge in [-0.15, -0.1) is 0 Å². The van der Waals surface area contributed by atoms with E-state index in [1.807, 2.05) is 31.2 Å². The second kappa shape index (κ2) is 4.49. The molecule has 0 aliphatic carbocycles. The van der Waals surface area contributed by atoms with Gasteiger partial charge in [-0.25, -0.2) is 5.10 Å². The van der Waals surface area contributed by atoms with E-state index in [1.165, 1.54) is 12.1 Å². The van der Waals surface area contributed by atoms with Gasteiger partial charge in [-0.2, -0.15) is 10.1 Å². The van der Waals surface area contributed by atoms with Gasteiger partial charge in [-0.05, 0) is 19.1 Å².